The van der Waals surface area contributed by atoms with Crippen LogP contribution in [0.25, 0.3) is 6.08 Å². The molecule has 3 amide bonds. The van der Waals surface area contributed by atoms with Crippen molar-refractivity contribution >= 4 is 63.2 Å². The first-order chi connectivity index (χ1) is 12.8. The van der Waals surface area contributed by atoms with Gasteiger partial charge in [-0.3, -0.25) is 19.3 Å². The van der Waals surface area contributed by atoms with E-state index in [1.165, 1.54) is 0 Å². The monoisotopic (exact) mass is 492 g/mol. The van der Waals surface area contributed by atoms with Crippen LogP contribution in [0, 0.1) is 17.4 Å². The number of rotatable bonds is 4. The molecule has 1 heterocycles. The number of hydrogen-bond donors (Lipinski definition) is 1. The zero-order valence-corrected chi connectivity index (χ0v) is 17.8. The summed E-state index contributed by atoms with van der Waals surface area (Å²) in [5, 5.41) is 2.37. The maximum Gasteiger partial charge on any atom is 0.294 e. The van der Waals surface area contributed by atoms with Crippen LogP contribution in [-0.2, 0) is 9.59 Å². The molecule has 1 aliphatic rings. The minimum atomic E-state index is -0.444. The zero-order valence-electron chi connectivity index (χ0n) is 14.8. The number of amides is 3. The highest BCUT2D eigenvalue weighted by Gasteiger charge is 2.36. The van der Waals surface area contributed by atoms with E-state index in [1.807, 2.05) is 56.3 Å². The van der Waals surface area contributed by atoms with Gasteiger partial charge in [0.1, 0.15) is 6.54 Å². The summed E-state index contributed by atoms with van der Waals surface area (Å²) in [6.45, 7) is 3.49. The summed E-state index contributed by atoms with van der Waals surface area (Å²) in [6.07, 6.45) is 1.67. The van der Waals surface area contributed by atoms with Crippen molar-refractivity contribution in [1.82, 2.24) is 4.90 Å². The molecule has 7 heteroatoms. The van der Waals surface area contributed by atoms with Crippen LogP contribution in [0.2, 0.25) is 0 Å². The summed E-state index contributed by atoms with van der Waals surface area (Å²) in [5.74, 6) is -0.842. The van der Waals surface area contributed by atoms with Crippen LogP contribution in [0.3, 0.4) is 0 Å². The molecule has 2 aromatic rings. The quantitative estimate of drug-likeness (QED) is 0.501. The molecule has 1 aliphatic heterocycles. The van der Waals surface area contributed by atoms with E-state index in [1.54, 1.807) is 6.08 Å². The lowest BCUT2D eigenvalue weighted by atomic mass is 10.1. The van der Waals surface area contributed by atoms with Gasteiger partial charge in [-0.1, -0.05) is 30.3 Å². The van der Waals surface area contributed by atoms with E-state index in [-0.39, 0.29) is 6.54 Å². The van der Waals surface area contributed by atoms with Crippen LogP contribution in [0.1, 0.15) is 16.7 Å². The summed E-state index contributed by atoms with van der Waals surface area (Å²) in [4.78, 5) is 38.4. The largest absolute Gasteiger partial charge is 0.324 e. The van der Waals surface area contributed by atoms with E-state index in [9.17, 15) is 14.4 Å². The van der Waals surface area contributed by atoms with Crippen LogP contribution in [0.4, 0.5) is 10.5 Å². The van der Waals surface area contributed by atoms with E-state index in [4.69, 9.17) is 0 Å². The normalized spacial score (nSPS) is 15.5. The number of benzene rings is 2. The lowest BCUT2D eigenvalue weighted by molar-refractivity contribution is -0.127. The van der Waals surface area contributed by atoms with Gasteiger partial charge in [0, 0.05) is 9.26 Å². The Balaban J connectivity index is 1.72. The van der Waals surface area contributed by atoms with Gasteiger partial charge in [-0.25, -0.2) is 0 Å². The maximum atomic E-state index is 12.5. The fraction of sp³-hybridized carbons (Fsp3) is 0.150. The van der Waals surface area contributed by atoms with Gasteiger partial charge in [-0.2, -0.15) is 0 Å². The van der Waals surface area contributed by atoms with Crippen LogP contribution in [-0.4, -0.2) is 28.5 Å². The molecule has 1 N–H and O–H groups in total. The van der Waals surface area contributed by atoms with E-state index >= 15 is 0 Å². The number of anilines is 1. The third-order valence-corrected chi connectivity index (χ3v) is 5.72. The van der Waals surface area contributed by atoms with Gasteiger partial charge in [0.15, 0.2) is 0 Å². The van der Waals surface area contributed by atoms with Gasteiger partial charge in [0.2, 0.25) is 5.91 Å². The molecule has 0 spiro atoms. The molecule has 0 atom stereocenters. The summed E-state index contributed by atoms with van der Waals surface area (Å²) >= 11 is 3.05. The number of carbonyl (C=O) groups excluding carboxylic acids is 3. The Kier molecular flexibility index (Phi) is 6.01. The lowest BCUT2D eigenvalue weighted by Gasteiger charge is -2.15. The molecule has 0 radical (unpaired) electrons. The second-order valence-corrected chi connectivity index (χ2v) is 8.37. The molecular weight excluding hydrogens is 475 g/mol. The van der Waals surface area contributed by atoms with Crippen molar-refractivity contribution < 1.29 is 14.4 Å². The molecule has 1 fully saturated rings. The average molecular weight is 492 g/mol. The highest BCUT2D eigenvalue weighted by Crippen LogP contribution is 2.32. The summed E-state index contributed by atoms with van der Waals surface area (Å²) < 4.78 is 1.08. The Morgan fingerprint density at radius 3 is 2.37 bits per heavy atom. The first-order valence-electron chi connectivity index (χ1n) is 8.22. The molecule has 2 aromatic carbocycles. The lowest BCUT2D eigenvalue weighted by Crippen LogP contribution is -2.36. The second-order valence-electron chi connectivity index (χ2n) is 6.13. The highest BCUT2D eigenvalue weighted by molar-refractivity contribution is 14.1. The summed E-state index contributed by atoms with van der Waals surface area (Å²) in [7, 11) is 0. The molecule has 0 unspecified atom stereocenters. The topological polar surface area (TPSA) is 66.5 Å². The van der Waals surface area contributed by atoms with Crippen molar-refractivity contribution in [2.24, 2.45) is 0 Å². The Labute approximate surface area is 175 Å². The third-order valence-electron chi connectivity index (χ3n) is 4.09. The van der Waals surface area contributed by atoms with Crippen molar-refractivity contribution in [3.8, 4) is 0 Å². The number of nitrogens with zero attached hydrogens (tertiary/aromatic N) is 1. The van der Waals surface area contributed by atoms with Crippen LogP contribution in [0.5, 0.6) is 0 Å². The molecule has 0 aromatic heterocycles. The van der Waals surface area contributed by atoms with Gasteiger partial charge in [0.25, 0.3) is 11.1 Å². The van der Waals surface area contributed by atoms with E-state index in [2.05, 4.69) is 27.9 Å². The molecule has 3 rings (SSSR count). The van der Waals surface area contributed by atoms with Crippen molar-refractivity contribution in [3.63, 3.8) is 0 Å². The Bertz CT molecular complexity index is 934. The molecule has 27 heavy (non-hydrogen) atoms. The van der Waals surface area contributed by atoms with Crippen molar-refractivity contribution in [3.05, 3.63) is 67.6 Å². The molecule has 5 nitrogen and oxygen atoms in total. The maximum absolute atomic E-state index is 12.5. The smallest absolute Gasteiger partial charge is 0.294 e. The van der Waals surface area contributed by atoms with Crippen LogP contribution >= 0.6 is 34.4 Å². The third kappa shape index (κ3) is 4.59. The zero-order chi connectivity index (χ0) is 19.6. The second kappa shape index (κ2) is 8.26. The summed E-state index contributed by atoms with van der Waals surface area (Å²) in [6, 6.07) is 13.3. The standard InChI is InChI=1S/C20H17IN2O3S/c1-12-4-3-5-13(2)18(12)22-17(24)11-23-19(25)16(27-20(23)26)10-14-6-8-15(21)9-7-14/h3-10H,11H2,1-2H3,(H,22,24)/b16-10-. The number of imide groups is 1. The Hall–Kier alpha value is -2.13. The minimum absolute atomic E-state index is 0.303. The number of thioether (sulfide) groups is 1. The van der Waals surface area contributed by atoms with E-state index in [0.29, 0.717) is 10.6 Å². The first-order valence-corrected chi connectivity index (χ1v) is 10.1. The van der Waals surface area contributed by atoms with Gasteiger partial charge in [0.05, 0.1) is 4.91 Å². The predicted octanol–water partition coefficient (Wildman–Crippen LogP) is 4.58. The minimum Gasteiger partial charge on any atom is -0.324 e. The molecule has 0 saturated carbocycles. The Morgan fingerprint density at radius 1 is 1.11 bits per heavy atom. The van der Waals surface area contributed by atoms with Gasteiger partial charge < -0.3 is 5.32 Å². The number of nitrogens with one attached hydrogen (secondary N) is 1. The number of halogens is 1. The summed E-state index contributed by atoms with van der Waals surface area (Å²) in [5.41, 5.74) is 3.40. The van der Waals surface area contributed by atoms with E-state index in [0.717, 1.165) is 36.9 Å². The van der Waals surface area contributed by atoms with Crippen LogP contribution in [0.15, 0.2) is 47.4 Å². The average Bonchev–Trinajstić information content (AvgIpc) is 2.88. The van der Waals surface area contributed by atoms with Crippen LogP contribution < -0.4 is 5.32 Å². The number of hydrogen-bond acceptors (Lipinski definition) is 4. The van der Waals surface area contributed by atoms with Crippen molar-refractivity contribution in [2.45, 2.75) is 13.8 Å². The first kappa shape index (κ1) is 19.6. The highest BCUT2D eigenvalue weighted by atomic mass is 127. The number of aryl methyl sites for hydroxylation is 2. The molecule has 1 saturated heterocycles. The Morgan fingerprint density at radius 2 is 1.74 bits per heavy atom. The number of para-hydroxylation sites is 1. The fourth-order valence-electron chi connectivity index (χ4n) is 2.68. The van der Waals surface area contributed by atoms with Gasteiger partial charge in [-0.05, 0) is 83.1 Å². The predicted molar refractivity (Wildman–Crippen MR) is 116 cm³/mol. The van der Waals surface area contributed by atoms with E-state index < -0.39 is 17.1 Å². The van der Waals surface area contributed by atoms with Gasteiger partial charge >= 0.3 is 0 Å². The molecular formula is C20H17IN2O3S. The van der Waals surface area contributed by atoms with Crippen molar-refractivity contribution in [2.75, 3.05) is 11.9 Å². The molecule has 138 valence electrons. The van der Waals surface area contributed by atoms with Gasteiger partial charge in [-0.15, -0.1) is 0 Å². The molecule has 0 bridgehead atoms. The SMILES string of the molecule is Cc1cccc(C)c1NC(=O)CN1C(=O)S/C(=C\c2ccc(I)cc2)C1=O. The fourth-order valence-corrected chi connectivity index (χ4v) is 3.88. The number of carbonyl (C=O) groups is 3. The van der Waals surface area contributed by atoms with Crippen molar-refractivity contribution in [1.29, 1.82) is 0 Å². The molecule has 0 aliphatic carbocycles.